The lowest BCUT2D eigenvalue weighted by Crippen LogP contribution is -2.41. The van der Waals surface area contributed by atoms with Gasteiger partial charge in [0.15, 0.2) is 5.96 Å². The maximum absolute atomic E-state index is 6.06. The van der Waals surface area contributed by atoms with Gasteiger partial charge < -0.3 is 20.7 Å². The SMILES string of the molecule is CC1CN(c2ccc(CN=C(N)Nc3ccc4c(c3)CCC4)cn2)CCO1. The highest BCUT2D eigenvalue weighted by Gasteiger charge is 2.17. The summed E-state index contributed by atoms with van der Waals surface area (Å²) in [4.78, 5) is 11.3. The number of morpholine rings is 1. The number of nitrogens with one attached hydrogen (secondary N) is 1. The number of fused-ring (bicyclic) bond motifs is 1. The van der Waals surface area contributed by atoms with Crippen LogP contribution >= 0.6 is 0 Å². The Bertz CT molecular complexity index is 818. The van der Waals surface area contributed by atoms with Gasteiger partial charge in [-0.1, -0.05) is 12.1 Å². The summed E-state index contributed by atoms with van der Waals surface area (Å²) < 4.78 is 5.58. The minimum atomic E-state index is 0.245. The van der Waals surface area contributed by atoms with Crippen LogP contribution < -0.4 is 16.0 Å². The summed E-state index contributed by atoms with van der Waals surface area (Å²) in [5.74, 6) is 1.42. The lowest BCUT2D eigenvalue weighted by molar-refractivity contribution is 0.0529. The highest BCUT2D eigenvalue weighted by atomic mass is 16.5. The summed E-state index contributed by atoms with van der Waals surface area (Å²) in [5.41, 5.74) is 11.0. The van der Waals surface area contributed by atoms with Crippen molar-refractivity contribution in [2.45, 2.75) is 38.8 Å². The Kier molecular flexibility index (Phi) is 5.25. The third kappa shape index (κ3) is 4.39. The third-order valence-electron chi connectivity index (χ3n) is 5.18. The molecule has 1 unspecified atom stereocenters. The lowest BCUT2D eigenvalue weighted by atomic mass is 10.1. The van der Waals surface area contributed by atoms with Gasteiger partial charge in [0.25, 0.3) is 0 Å². The molecular weight excluding hydrogens is 338 g/mol. The van der Waals surface area contributed by atoms with Gasteiger partial charge in [-0.3, -0.25) is 0 Å². The molecule has 1 saturated heterocycles. The smallest absolute Gasteiger partial charge is 0.193 e. The summed E-state index contributed by atoms with van der Waals surface area (Å²) in [7, 11) is 0. The van der Waals surface area contributed by atoms with E-state index in [0.29, 0.717) is 12.5 Å². The van der Waals surface area contributed by atoms with E-state index in [9.17, 15) is 0 Å². The average molecular weight is 365 g/mol. The molecule has 1 aromatic carbocycles. The van der Waals surface area contributed by atoms with E-state index in [1.165, 1.54) is 24.0 Å². The Balaban J connectivity index is 1.34. The first-order chi connectivity index (χ1) is 13.2. The van der Waals surface area contributed by atoms with Gasteiger partial charge in [-0.25, -0.2) is 9.98 Å². The molecule has 0 bridgehead atoms. The van der Waals surface area contributed by atoms with E-state index in [2.05, 4.69) is 51.4 Å². The number of pyridine rings is 1. The van der Waals surface area contributed by atoms with Gasteiger partial charge in [0.2, 0.25) is 0 Å². The van der Waals surface area contributed by atoms with Crippen LogP contribution in [-0.2, 0) is 24.1 Å². The Labute approximate surface area is 160 Å². The van der Waals surface area contributed by atoms with Crippen LogP contribution in [0.5, 0.6) is 0 Å². The van der Waals surface area contributed by atoms with Crippen molar-refractivity contribution < 1.29 is 4.74 Å². The molecule has 0 amide bonds. The summed E-state index contributed by atoms with van der Waals surface area (Å²) in [6.07, 6.45) is 5.71. The Hall–Kier alpha value is -2.60. The number of nitrogens with two attached hydrogens (primary N) is 1. The predicted octanol–water partition coefficient (Wildman–Crippen LogP) is 2.72. The quantitative estimate of drug-likeness (QED) is 0.644. The molecule has 2 heterocycles. The minimum absolute atomic E-state index is 0.245. The number of rotatable bonds is 4. The van der Waals surface area contributed by atoms with E-state index < -0.39 is 0 Å². The molecule has 0 saturated carbocycles. The zero-order valence-electron chi connectivity index (χ0n) is 15.8. The number of aryl methyl sites for hydroxylation is 2. The number of nitrogens with zero attached hydrogens (tertiary/aromatic N) is 3. The lowest BCUT2D eigenvalue weighted by Gasteiger charge is -2.32. The van der Waals surface area contributed by atoms with E-state index in [4.69, 9.17) is 10.5 Å². The largest absolute Gasteiger partial charge is 0.375 e. The molecular formula is C21H27N5O. The van der Waals surface area contributed by atoms with Crippen molar-refractivity contribution in [3.05, 3.63) is 53.2 Å². The first kappa shape index (κ1) is 17.8. The highest BCUT2D eigenvalue weighted by molar-refractivity contribution is 5.92. The molecule has 2 aliphatic rings. The second kappa shape index (κ2) is 7.96. The van der Waals surface area contributed by atoms with Crippen LogP contribution in [0.15, 0.2) is 41.5 Å². The van der Waals surface area contributed by atoms with Crippen molar-refractivity contribution in [2.24, 2.45) is 10.7 Å². The van der Waals surface area contributed by atoms with Gasteiger partial charge in [0.05, 0.1) is 19.3 Å². The Morgan fingerprint density at radius 2 is 2.19 bits per heavy atom. The van der Waals surface area contributed by atoms with Gasteiger partial charge in [-0.2, -0.15) is 0 Å². The standard InChI is InChI=1S/C21H27N5O/c1-15-14-26(9-10-27-15)20-8-5-16(12-23-20)13-24-21(22)25-19-7-6-17-3-2-4-18(17)11-19/h5-8,11-12,15H,2-4,9-10,13-14H2,1H3,(H3,22,24,25). The maximum Gasteiger partial charge on any atom is 0.193 e. The second-order valence-corrected chi connectivity index (χ2v) is 7.32. The van der Waals surface area contributed by atoms with Crippen LogP contribution in [0.1, 0.15) is 30.0 Å². The molecule has 1 atom stereocenters. The molecule has 1 aliphatic heterocycles. The summed E-state index contributed by atoms with van der Waals surface area (Å²) in [5, 5.41) is 3.20. The van der Waals surface area contributed by atoms with Crippen molar-refractivity contribution in [1.82, 2.24) is 4.98 Å². The number of aliphatic imine (C=N–C) groups is 1. The molecule has 27 heavy (non-hydrogen) atoms. The number of hydrogen-bond acceptors (Lipinski definition) is 4. The molecule has 6 nitrogen and oxygen atoms in total. The Morgan fingerprint density at radius 1 is 1.30 bits per heavy atom. The highest BCUT2D eigenvalue weighted by Crippen LogP contribution is 2.24. The molecule has 1 fully saturated rings. The number of benzene rings is 1. The molecule has 0 radical (unpaired) electrons. The fourth-order valence-electron chi connectivity index (χ4n) is 3.74. The number of guanidine groups is 1. The van der Waals surface area contributed by atoms with Crippen molar-refractivity contribution in [3.63, 3.8) is 0 Å². The van der Waals surface area contributed by atoms with Crippen LogP contribution in [0.4, 0.5) is 11.5 Å². The van der Waals surface area contributed by atoms with E-state index >= 15 is 0 Å². The van der Waals surface area contributed by atoms with Crippen molar-refractivity contribution in [3.8, 4) is 0 Å². The van der Waals surface area contributed by atoms with Gasteiger partial charge in [0, 0.05) is 25.0 Å². The monoisotopic (exact) mass is 365 g/mol. The summed E-state index contributed by atoms with van der Waals surface area (Å²) in [6.45, 7) is 5.11. The van der Waals surface area contributed by atoms with Gasteiger partial charge in [0.1, 0.15) is 5.82 Å². The van der Waals surface area contributed by atoms with E-state index in [0.717, 1.165) is 43.2 Å². The topological polar surface area (TPSA) is 75.8 Å². The van der Waals surface area contributed by atoms with E-state index in [1.807, 2.05) is 12.3 Å². The van der Waals surface area contributed by atoms with Crippen LogP contribution in [0, 0.1) is 0 Å². The van der Waals surface area contributed by atoms with E-state index in [1.54, 1.807) is 0 Å². The normalized spacial score (nSPS) is 19.8. The Morgan fingerprint density at radius 3 is 3.00 bits per heavy atom. The summed E-state index contributed by atoms with van der Waals surface area (Å²) >= 11 is 0. The molecule has 2 aromatic rings. The number of ether oxygens (including phenoxy) is 1. The molecule has 1 aromatic heterocycles. The van der Waals surface area contributed by atoms with Gasteiger partial charge in [-0.15, -0.1) is 0 Å². The third-order valence-corrected chi connectivity index (χ3v) is 5.18. The first-order valence-corrected chi connectivity index (χ1v) is 9.67. The average Bonchev–Trinajstić information content (AvgIpc) is 3.15. The minimum Gasteiger partial charge on any atom is -0.375 e. The number of hydrogen-bond donors (Lipinski definition) is 2. The van der Waals surface area contributed by atoms with Crippen molar-refractivity contribution >= 4 is 17.5 Å². The molecule has 1 aliphatic carbocycles. The summed E-state index contributed by atoms with van der Waals surface area (Å²) in [6, 6.07) is 10.6. The molecule has 6 heteroatoms. The van der Waals surface area contributed by atoms with Gasteiger partial charge >= 0.3 is 0 Å². The molecule has 3 N–H and O–H groups in total. The number of aromatic nitrogens is 1. The second-order valence-electron chi connectivity index (χ2n) is 7.32. The van der Waals surface area contributed by atoms with E-state index in [-0.39, 0.29) is 6.10 Å². The maximum atomic E-state index is 6.06. The predicted molar refractivity (Wildman–Crippen MR) is 109 cm³/mol. The molecule has 0 spiro atoms. The van der Waals surface area contributed by atoms with Crippen molar-refractivity contribution in [1.29, 1.82) is 0 Å². The molecule has 4 rings (SSSR count). The zero-order valence-corrected chi connectivity index (χ0v) is 15.8. The first-order valence-electron chi connectivity index (χ1n) is 9.67. The van der Waals surface area contributed by atoms with Crippen LogP contribution in [0.3, 0.4) is 0 Å². The van der Waals surface area contributed by atoms with Crippen LogP contribution in [0.2, 0.25) is 0 Å². The van der Waals surface area contributed by atoms with Gasteiger partial charge in [-0.05, 0) is 61.1 Å². The zero-order chi connectivity index (χ0) is 18.6. The molecule has 142 valence electrons. The van der Waals surface area contributed by atoms with Crippen LogP contribution in [0.25, 0.3) is 0 Å². The fraction of sp³-hybridized carbons (Fsp3) is 0.429. The van der Waals surface area contributed by atoms with Crippen molar-refractivity contribution in [2.75, 3.05) is 29.9 Å². The fourth-order valence-corrected chi connectivity index (χ4v) is 3.74. The number of anilines is 2. The van der Waals surface area contributed by atoms with Crippen LogP contribution in [-0.4, -0.2) is 36.7 Å².